The molecule has 0 aromatic rings. The highest BCUT2D eigenvalue weighted by Crippen LogP contribution is 3.00. The van der Waals surface area contributed by atoms with Gasteiger partial charge in [-0.1, -0.05) is 0 Å². The van der Waals surface area contributed by atoms with Gasteiger partial charge in [0, 0.05) is 0 Å². The molecule has 8 atom stereocenters. The zero-order valence-corrected chi connectivity index (χ0v) is 7.57. The maximum Gasteiger partial charge on any atom is 0.312 e. The molecule has 6 aliphatic carbocycles. The minimum atomic E-state index is 0.0949. The maximum atomic E-state index is 11.8. The number of esters is 1. The lowest BCUT2D eigenvalue weighted by molar-refractivity contribution is -0.148. The summed E-state index contributed by atoms with van der Waals surface area (Å²) < 4.78 is 5.00. The van der Waals surface area contributed by atoms with Crippen molar-refractivity contribution in [3.05, 3.63) is 0 Å². The molecule has 6 rings (SSSR count). The highest BCUT2D eigenvalue weighted by Gasteiger charge is 3.00. The summed E-state index contributed by atoms with van der Waals surface area (Å²) in [6, 6.07) is 0. The highest BCUT2D eigenvalue weighted by molar-refractivity contribution is 5.86. The van der Waals surface area contributed by atoms with Gasteiger partial charge in [0.25, 0.3) is 0 Å². The van der Waals surface area contributed by atoms with E-state index in [4.69, 9.17) is 4.74 Å². The van der Waals surface area contributed by atoms with Crippen molar-refractivity contribution in [2.75, 3.05) is 7.11 Å². The largest absolute Gasteiger partial charge is 0.469 e. The molecule has 2 bridgehead atoms. The summed E-state index contributed by atoms with van der Waals surface area (Å²) in [5.41, 5.74) is 0.0949. The van der Waals surface area contributed by atoms with Gasteiger partial charge in [0.2, 0.25) is 0 Å². The van der Waals surface area contributed by atoms with E-state index in [1.54, 1.807) is 7.11 Å². The summed E-state index contributed by atoms with van der Waals surface area (Å²) >= 11 is 0. The monoisotopic (exact) mass is 176 g/mol. The quantitative estimate of drug-likeness (QED) is 0.555. The summed E-state index contributed by atoms with van der Waals surface area (Å²) in [4.78, 5) is 11.8. The standard InChI is InChI=1S/C11H12O2/c1-13-10(12)11-7-3-2-4(8(7)11)6-5(3)9(6)11/h3-9H,2H2,1H3/t3-,4+,5-,6+,7+,8-,9?,11?. The molecule has 6 fully saturated rings. The van der Waals surface area contributed by atoms with Crippen molar-refractivity contribution >= 4 is 5.97 Å². The van der Waals surface area contributed by atoms with E-state index in [0.29, 0.717) is 0 Å². The van der Waals surface area contributed by atoms with Gasteiger partial charge < -0.3 is 4.74 Å². The van der Waals surface area contributed by atoms with E-state index in [9.17, 15) is 4.79 Å². The number of methoxy groups -OCH3 is 1. The van der Waals surface area contributed by atoms with Gasteiger partial charge >= 0.3 is 5.97 Å². The predicted octanol–water partition coefficient (Wildman–Crippen LogP) is 0.917. The highest BCUT2D eigenvalue weighted by atomic mass is 16.5. The molecule has 0 heterocycles. The van der Waals surface area contributed by atoms with Gasteiger partial charge in [0.15, 0.2) is 0 Å². The van der Waals surface area contributed by atoms with Crippen LogP contribution in [0.25, 0.3) is 0 Å². The Morgan fingerprint density at radius 3 is 2.23 bits per heavy atom. The summed E-state index contributed by atoms with van der Waals surface area (Å²) in [7, 11) is 1.56. The third kappa shape index (κ3) is 0.311. The summed E-state index contributed by atoms with van der Waals surface area (Å²) in [5.74, 6) is 6.34. The molecule has 0 N–H and O–H groups in total. The molecule has 0 aliphatic heterocycles. The number of rotatable bonds is 1. The first-order valence-corrected chi connectivity index (χ1v) is 5.42. The van der Waals surface area contributed by atoms with Crippen molar-refractivity contribution in [2.24, 2.45) is 46.8 Å². The van der Waals surface area contributed by atoms with Crippen LogP contribution in [0, 0.1) is 46.8 Å². The van der Waals surface area contributed by atoms with Crippen molar-refractivity contribution in [2.45, 2.75) is 6.42 Å². The normalized spacial score (nSPS) is 77.2. The Morgan fingerprint density at radius 1 is 1.23 bits per heavy atom. The average molecular weight is 176 g/mol. The van der Waals surface area contributed by atoms with Crippen molar-refractivity contribution in [1.82, 2.24) is 0 Å². The molecule has 13 heavy (non-hydrogen) atoms. The number of hydrogen-bond acceptors (Lipinski definition) is 2. The van der Waals surface area contributed by atoms with Crippen molar-refractivity contribution < 1.29 is 9.53 Å². The Labute approximate surface area is 76.6 Å². The molecular formula is C11H12O2. The molecule has 0 spiro atoms. The van der Waals surface area contributed by atoms with Gasteiger partial charge in [0.05, 0.1) is 12.5 Å². The first-order chi connectivity index (χ1) is 6.33. The second kappa shape index (κ2) is 1.27. The van der Waals surface area contributed by atoms with Crippen LogP contribution in [0.3, 0.4) is 0 Å². The predicted molar refractivity (Wildman–Crippen MR) is 43.5 cm³/mol. The molecule has 2 unspecified atom stereocenters. The fraction of sp³-hybridized carbons (Fsp3) is 0.909. The zero-order valence-electron chi connectivity index (χ0n) is 7.57. The van der Waals surface area contributed by atoms with Crippen LogP contribution in [-0.2, 0) is 9.53 Å². The smallest absolute Gasteiger partial charge is 0.312 e. The van der Waals surface area contributed by atoms with Crippen molar-refractivity contribution in [3.63, 3.8) is 0 Å². The van der Waals surface area contributed by atoms with Crippen molar-refractivity contribution in [3.8, 4) is 0 Å². The van der Waals surface area contributed by atoms with Gasteiger partial charge in [-0.15, -0.1) is 0 Å². The molecule has 0 radical (unpaired) electrons. The lowest BCUT2D eigenvalue weighted by Crippen LogP contribution is -2.21. The van der Waals surface area contributed by atoms with Crippen LogP contribution in [0.2, 0.25) is 0 Å². The van der Waals surface area contributed by atoms with E-state index in [1.165, 1.54) is 6.42 Å². The zero-order chi connectivity index (χ0) is 8.53. The molecule has 0 aromatic carbocycles. The average Bonchev–Trinajstić information content (AvgIpc) is 2.92. The minimum Gasteiger partial charge on any atom is -0.469 e. The van der Waals surface area contributed by atoms with E-state index in [-0.39, 0.29) is 11.4 Å². The van der Waals surface area contributed by atoms with Gasteiger partial charge in [-0.2, -0.15) is 0 Å². The first-order valence-electron chi connectivity index (χ1n) is 5.42. The SMILES string of the molecule is COC(=O)C12C3[C@@H]4[C@H]5C[C@@H]([C@H]34)[C@@H]1[C@H]52. The summed E-state index contributed by atoms with van der Waals surface area (Å²) in [6.07, 6.45) is 1.46. The number of hydrogen-bond donors (Lipinski definition) is 0. The van der Waals surface area contributed by atoms with E-state index in [1.807, 2.05) is 0 Å². The Kier molecular flexibility index (Phi) is 0.591. The third-order valence-corrected chi connectivity index (χ3v) is 6.06. The van der Waals surface area contributed by atoms with E-state index in [0.717, 1.165) is 41.4 Å². The topological polar surface area (TPSA) is 26.3 Å². The van der Waals surface area contributed by atoms with Crippen LogP contribution in [0.4, 0.5) is 0 Å². The second-order valence-corrected chi connectivity index (χ2v) is 5.72. The second-order valence-electron chi connectivity index (χ2n) is 5.72. The van der Waals surface area contributed by atoms with Gasteiger partial charge in [-0.25, -0.2) is 0 Å². The lowest BCUT2D eigenvalue weighted by atomic mass is 9.98. The van der Waals surface area contributed by atoms with Gasteiger partial charge in [-0.3, -0.25) is 4.79 Å². The minimum absolute atomic E-state index is 0.0949. The van der Waals surface area contributed by atoms with Crippen LogP contribution < -0.4 is 0 Å². The summed E-state index contributed by atoms with van der Waals surface area (Å²) in [6.45, 7) is 0. The van der Waals surface area contributed by atoms with Crippen LogP contribution in [0.5, 0.6) is 0 Å². The van der Waals surface area contributed by atoms with Crippen LogP contribution in [-0.4, -0.2) is 13.1 Å². The fourth-order valence-electron chi connectivity index (χ4n) is 6.23. The first kappa shape index (κ1) is 6.05. The van der Waals surface area contributed by atoms with E-state index >= 15 is 0 Å². The van der Waals surface area contributed by atoms with Gasteiger partial charge in [0.1, 0.15) is 0 Å². The molecule has 6 saturated carbocycles. The Hall–Kier alpha value is -0.530. The number of carbonyl (C=O) groups is 1. The Morgan fingerprint density at radius 2 is 1.85 bits per heavy atom. The molecule has 0 amide bonds. The molecule has 2 heteroatoms. The lowest BCUT2D eigenvalue weighted by Gasteiger charge is -2.10. The summed E-state index contributed by atoms with van der Waals surface area (Å²) in [5, 5.41) is 0. The maximum absolute atomic E-state index is 11.8. The number of ether oxygens (including phenoxy) is 1. The van der Waals surface area contributed by atoms with Crippen LogP contribution in [0.15, 0.2) is 0 Å². The van der Waals surface area contributed by atoms with Crippen LogP contribution in [0.1, 0.15) is 6.42 Å². The molecule has 6 aliphatic rings. The third-order valence-electron chi connectivity index (χ3n) is 6.06. The molecule has 68 valence electrons. The Balaban J connectivity index is 1.74. The Bertz CT molecular complexity index is 334. The van der Waals surface area contributed by atoms with Gasteiger partial charge in [-0.05, 0) is 47.8 Å². The van der Waals surface area contributed by atoms with Crippen molar-refractivity contribution in [1.29, 1.82) is 0 Å². The molecule has 0 saturated heterocycles. The molecular weight excluding hydrogens is 164 g/mol. The van der Waals surface area contributed by atoms with E-state index < -0.39 is 0 Å². The van der Waals surface area contributed by atoms with Crippen LogP contribution >= 0.6 is 0 Å². The fourth-order valence-corrected chi connectivity index (χ4v) is 6.23. The van der Waals surface area contributed by atoms with E-state index in [2.05, 4.69) is 0 Å². The number of carbonyl (C=O) groups excluding carboxylic acids is 1. The molecule has 0 aromatic heterocycles. The molecule has 2 nitrogen and oxygen atoms in total.